The molecule has 0 spiro atoms. The van der Waals surface area contributed by atoms with Crippen LogP contribution < -0.4 is 16.0 Å². The lowest BCUT2D eigenvalue weighted by Gasteiger charge is -2.36. The molecular weight excluding hydrogens is 494 g/mol. The first-order valence-electron chi connectivity index (χ1n) is 13.5. The van der Waals surface area contributed by atoms with E-state index in [1.165, 1.54) is 4.90 Å². The molecule has 3 atom stereocenters. The zero-order valence-corrected chi connectivity index (χ0v) is 22.9. The van der Waals surface area contributed by atoms with Crippen LogP contribution in [0.25, 0.3) is 0 Å². The third kappa shape index (κ3) is 8.51. The number of rotatable bonds is 13. The molecule has 0 unspecified atom stereocenters. The highest BCUT2D eigenvalue weighted by Gasteiger charge is 2.35. The van der Waals surface area contributed by atoms with Gasteiger partial charge in [0.25, 0.3) is 0 Å². The Morgan fingerprint density at radius 2 is 1.56 bits per heavy atom. The molecule has 0 fully saturated rings. The number of hydrogen-bond donors (Lipinski definition) is 3. The molecular formula is C30H39N5O4. The first kappa shape index (κ1) is 29.6. The summed E-state index contributed by atoms with van der Waals surface area (Å²) >= 11 is 0. The van der Waals surface area contributed by atoms with E-state index in [1.807, 2.05) is 67.6 Å². The van der Waals surface area contributed by atoms with Crippen LogP contribution in [0.2, 0.25) is 0 Å². The van der Waals surface area contributed by atoms with E-state index >= 15 is 0 Å². The Labute approximate surface area is 230 Å². The monoisotopic (exact) mass is 533 g/mol. The molecule has 1 aliphatic rings. The predicted molar refractivity (Wildman–Crippen MR) is 150 cm³/mol. The number of nitrogens with zero attached hydrogens (tertiary/aromatic N) is 2. The Hall–Kier alpha value is -3.98. The lowest BCUT2D eigenvalue weighted by molar-refractivity contribution is -0.143. The summed E-state index contributed by atoms with van der Waals surface area (Å²) in [5.41, 5.74) is 1.91. The van der Waals surface area contributed by atoms with Gasteiger partial charge >= 0.3 is 0 Å². The molecule has 2 aromatic carbocycles. The van der Waals surface area contributed by atoms with Crippen LogP contribution in [0.1, 0.15) is 44.2 Å². The number of unbranched alkanes of at least 4 members (excludes halogenated alkanes) is 1. The number of hydrogen-bond acceptors (Lipinski definition) is 5. The van der Waals surface area contributed by atoms with E-state index in [-0.39, 0.29) is 18.4 Å². The summed E-state index contributed by atoms with van der Waals surface area (Å²) in [6, 6.07) is 17.2. The minimum Gasteiger partial charge on any atom is -0.345 e. The van der Waals surface area contributed by atoms with Crippen LogP contribution in [-0.2, 0) is 32.1 Å². The zero-order chi connectivity index (χ0) is 28.2. The summed E-state index contributed by atoms with van der Waals surface area (Å²) < 4.78 is 0. The van der Waals surface area contributed by atoms with Gasteiger partial charge in [0.15, 0.2) is 0 Å². The molecule has 0 aromatic heterocycles. The van der Waals surface area contributed by atoms with E-state index in [2.05, 4.69) is 16.0 Å². The van der Waals surface area contributed by atoms with Crippen LogP contribution >= 0.6 is 0 Å². The smallest absolute Gasteiger partial charge is 0.250 e. The van der Waals surface area contributed by atoms with Crippen molar-refractivity contribution in [3.05, 3.63) is 84.2 Å². The van der Waals surface area contributed by atoms with E-state index < -0.39 is 29.9 Å². The molecule has 1 aliphatic heterocycles. The van der Waals surface area contributed by atoms with Crippen LogP contribution in [0.3, 0.4) is 0 Å². The maximum atomic E-state index is 13.6. The van der Waals surface area contributed by atoms with Gasteiger partial charge in [-0.15, -0.1) is 0 Å². The fourth-order valence-electron chi connectivity index (χ4n) is 4.31. The number of nitrogens with one attached hydrogen (secondary N) is 3. The van der Waals surface area contributed by atoms with Crippen molar-refractivity contribution in [2.24, 2.45) is 0 Å². The molecule has 208 valence electrons. The highest BCUT2D eigenvalue weighted by Crippen LogP contribution is 2.20. The molecule has 9 heteroatoms. The normalized spacial score (nSPS) is 16.5. The molecule has 4 amide bonds. The Morgan fingerprint density at radius 3 is 2.18 bits per heavy atom. The second kappa shape index (κ2) is 14.8. The van der Waals surface area contributed by atoms with Crippen LogP contribution in [0.15, 0.2) is 73.1 Å². The second-order valence-electron chi connectivity index (χ2n) is 9.69. The quantitative estimate of drug-likeness (QED) is 0.366. The van der Waals surface area contributed by atoms with Crippen molar-refractivity contribution in [1.29, 1.82) is 0 Å². The maximum Gasteiger partial charge on any atom is 0.250 e. The molecule has 0 aliphatic carbocycles. The van der Waals surface area contributed by atoms with Gasteiger partial charge in [-0.1, -0.05) is 80.4 Å². The van der Waals surface area contributed by atoms with E-state index in [0.717, 1.165) is 24.0 Å². The average molecular weight is 534 g/mol. The molecule has 2 aromatic rings. The highest BCUT2D eigenvalue weighted by molar-refractivity contribution is 5.94. The topological polar surface area (TPSA) is 111 Å². The lowest BCUT2D eigenvalue weighted by atomic mass is 10.0. The van der Waals surface area contributed by atoms with Crippen LogP contribution in [-0.4, -0.2) is 65.1 Å². The van der Waals surface area contributed by atoms with E-state index in [4.69, 9.17) is 0 Å². The molecule has 0 radical (unpaired) electrons. The van der Waals surface area contributed by atoms with Gasteiger partial charge in [0.1, 0.15) is 12.1 Å². The minimum absolute atomic E-state index is 0.195. The van der Waals surface area contributed by atoms with Crippen LogP contribution in [0.4, 0.5) is 0 Å². The van der Waals surface area contributed by atoms with Crippen LogP contribution in [0.5, 0.6) is 0 Å². The van der Waals surface area contributed by atoms with E-state index in [9.17, 15) is 19.2 Å². The molecule has 3 N–H and O–H groups in total. The summed E-state index contributed by atoms with van der Waals surface area (Å²) in [7, 11) is 1.67. The van der Waals surface area contributed by atoms with Gasteiger partial charge in [0.2, 0.25) is 23.6 Å². The van der Waals surface area contributed by atoms with Crippen molar-refractivity contribution in [2.45, 2.75) is 64.2 Å². The van der Waals surface area contributed by atoms with Gasteiger partial charge in [-0.2, -0.15) is 0 Å². The van der Waals surface area contributed by atoms with Crippen molar-refractivity contribution in [3.63, 3.8) is 0 Å². The Kier molecular flexibility index (Phi) is 11.2. The van der Waals surface area contributed by atoms with Gasteiger partial charge in [-0.3, -0.25) is 19.2 Å². The summed E-state index contributed by atoms with van der Waals surface area (Å²) in [5, 5.41) is 8.31. The number of benzene rings is 2. The molecule has 0 bridgehead atoms. The van der Waals surface area contributed by atoms with Crippen molar-refractivity contribution in [3.8, 4) is 0 Å². The van der Waals surface area contributed by atoms with Gasteiger partial charge < -0.3 is 25.8 Å². The Morgan fingerprint density at radius 1 is 0.923 bits per heavy atom. The largest absolute Gasteiger partial charge is 0.345 e. The fraction of sp³-hybridized carbons (Fsp3) is 0.400. The molecule has 3 rings (SSSR count). The van der Waals surface area contributed by atoms with Gasteiger partial charge in [0.05, 0.1) is 19.1 Å². The van der Waals surface area contributed by atoms with Crippen LogP contribution in [0, 0.1) is 0 Å². The second-order valence-corrected chi connectivity index (χ2v) is 9.69. The lowest BCUT2D eigenvalue weighted by Crippen LogP contribution is -2.55. The van der Waals surface area contributed by atoms with Crippen molar-refractivity contribution >= 4 is 23.6 Å². The molecule has 0 saturated heterocycles. The first-order chi connectivity index (χ1) is 18.8. The predicted octanol–water partition coefficient (Wildman–Crippen LogP) is 2.34. The molecule has 1 heterocycles. The summed E-state index contributed by atoms with van der Waals surface area (Å²) in [6.45, 7) is 3.82. The molecule has 39 heavy (non-hydrogen) atoms. The number of likely N-dealkylation sites (N-methyl/N-ethyl adjacent to an activating group) is 1. The molecule has 0 saturated carbocycles. The Bertz CT molecular complexity index is 1140. The number of carbonyl (C=O) groups excluding carboxylic acids is 4. The minimum atomic E-state index is -0.752. The third-order valence-corrected chi connectivity index (χ3v) is 6.79. The van der Waals surface area contributed by atoms with Crippen molar-refractivity contribution < 1.29 is 19.2 Å². The first-order valence-corrected chi connectivity index (χ1v) is 13.5. The number of carbonyl (C=O) groups is 4. The van der Waals surface area contributed by atoms with Gasteiger partial charge in [-0.05, 0) is 31.5 Å². The maximum absolute atomic E-state index is 13.6. The molecule has 9 nitrogen and oxygen atoms in total. The highest BCUT2D eigenvalue weighted by atomic mass is 16.2. The van der Waals surface area contributed by atoms with Gasteiger partial charge in [-0.25, -0.2) is 0 Å². The van der Waals surface area contributed by atoms with Crippen molar-refractivity contribution in [2.75, 3.05) is 13.6 Å². The summed E-state index contributed by atoms with van der Waals surface area (Å²) in [6.07, 6.45) is 5.64. The fourth-order valence-corrected chi connectivity index (χ4v) is 4.31. The zero-order valence-electron chi connectivity index (χ0n) is 22.9. The third-order valence-electron chi connectivity index (χ3n) is 6.79. The van der Waals surface area contributed by atoms with Gasteiger partial charge in [0, 0.05) is 18.8 Å². The summed E-state index contributed by atoms with van der Waals surface area (Å²) in [4.78, 5) is 55.2. The standard InChI is InChI=1S/C30H39N5O4/c1-4-5-16-25(33-28(37)22(2)31-3)29(38)32-20-27(36)35-18-17-34(21-24-14-10-7-11-15-24)30(39)26(35)19-23-12-8-6-9-13-23/h6-15,17-18,22,25-26,31H,4-5,16,19-21H2,1-3H3,(H,32,38)(H,33,37)/t22-,25-,26-/m0/s1. The summed E-state index contributed by atoms with van der Waals surface area (Å²) in [5.74, 6) is -1.31. The van der Waals surface area contributed by atoms with E-state index in [0.29, 0.717) is 19.4 Å². The Balaban J connectivity index is 1.72. The van der Waals surface area contributed by atoms with Crippen molar-refractivity contribution in [1.82, 2.24) is 25.8 Å². The SMILES string of the molecule is CCCC[C@H](NC(=O)[C@H](C)NC)C(=O)NCC(=O)N1C=CN(Cc2ccccc2)C(=O)[C@@H]1Cc1ccccc1. The van der Waals surface area contributed by atoms with E-state index in [1.54, 1.807) is 31.3 Å². The number of amides is 4. The average Bonchev–Trinajstić information content (AvgIpc) is 2.96.